The van der Waals surface area contributed by atoms with Crippen LogP contribution in [0.25, 0.3) is 0 Å². The van der Waals surface area contributed by atoms with Gasteiger partial charge in [-0.2, -0.15) is 0 Å². The van der Waals surface area contributed by atoms with Crippen molar-refractivity contribution in [2.75, 3.05) is 0 Å². The second kappa shape index (κ2) is 14.8. The van der Waals surface area contributed by atoms with Crippen LogP contribution in [0.15, 0.2) is 0 Å². The fourth-order valence-corrected chi connectivity index (χ4v) is 0.500. The quantitative estimate of drug-likeness (QED) is 0.645. The van der Waals surface area contributed by atoms with Gasteiger partial charge >= 0.3 is 0 Å². The first kappa shape index (κ1) is 19.0. The van der Waals surface area contributed by atoms with Gasteiger partial charge in [-0.15, -0.1) is 0 Å². The van der Waals surface area contributed by atoms with E-state index in [1.165, 1.54) is 0 Å². The van der Waals surface area contributed by atoms with Gasteiger partial charge in [0.1, 0.15) is 11.6 Å². The number of hydrogen-bond acceptors (Lipinski definition) is 2. The standard InChI is InChI=1S/2C5H10O.Na/c2*1-3-5(6)4-2;/h2*3-4H2,1-2H3;. The molecular weight excluding hydrogens is 175 g/mol. The molecule has 0 atom stereocenters. The predicted molar refractivity (Wildman–Crippen MR) is 56.9 cm³/mol. The van der Waals surface area contributed by atoms with Gasteiger partial charge in [0.2, 0.25) is 0 Å². The van der Waals surface area contributed by atoms with Crippen LogP contribution in [0.3, 0.4) is 0 Å². The molecule has 0 rings (SSSR count). The summed E-state index contributed by atoms with van der Waals surface area (Å²) in [5, 5.41) is 0. The summed E-state index contributed by atoms with van der Waals surface area (Å²) >= 11 is 0. The minimum atomic E-state index is 0. The molecule has 0 fully saturated rings. The molecule has 0 spiro atoms. The first-order chi connectivity index (χ1) is 5.62. The maximum atomic E-state index is 10.2. The van der Waals surface area contributed by atoms with E-state index in [2.05, 4.69) is 0 Å². The van der Waals surface area contributed by atoms with Crippen molar-refractivity contribution in [2.45, 2.75) is 53.4 Å². The second-order valence-electron chi connectivity index (χ2n) is 2.49. The van der Waals surface area contributed by atoms with Crippen LogP contribution < -0.4 is 0 Å². The van der Waals surface area contributed by atoms with E-state index < -0.39 is 0 Å². The molecular formula is C10H20NaO2. The van der Waals surface area contributed by atoms with E-state index in [4.69, 9.17) is 0 Å². The van der Waals surface area contributed by atoms with Crippen LogP contribution in [0.1, 0.15) is 53.4 Å². The molecule has 3 heteroatoms. The number of ketones is 2. The third-order valence-corrected chi connectivity index (χ3v) is 1.58. The smallest absolute Gasteiger partial charge is 0.132 e. The van der Waals surface area contributed by atoms with Gasteiger partial charge in [-0.05, 0) is 0 Å². The average Bonchev–Trinajstić information content (AvgIpc) is 2.16. The molecule has 0 amide bonds. The normalized spacial score (nSPS) is 7.69. The van der Waals surface area contributed by atoms with Gasteiger partial charge in [-0.3, -0.25) is 9.59 Å². The molecule has 0 aliphatic heterocycles. The van der Waals surface area contributed by atoms with E-state index in [9.17, 15) is 9.59 Å². The molecule has 0 aliphatic carbocycles. The zero-order valence-electron chi connectivity index (χ0n) is 9.64. The van der Waals surface area contributed by atoms with Gasteiger partial charge in [0.05, 0.1) is 0 Å². The predicted octanol–water partition coefficient (Wildman–Crippen LogP) is 2.37. The first-order valence-electron chi connectivity index (χ1n) is 4.65. The van der Waals surface area contributed by atoms with Gasteiger partial charge in [0.25, 0.3) is 0 Å². The Hall–Kier alpha value is 0.340. The number of carbonyl (C=O) groups is 2. The summed E-state index contributed by atoms with van der Waals surface area (Å²) in [7, 11) is 0. The number of carbonyl (C=O) groups excluding carboxylic acids is 2. The van der Waals surface area contributed by atoms with E-state index in [0.717, 1.165) is 0 Å². The van der Waals surface area contributed by atoms with Gasteiger partial charge in [0.15, 0.2) is 0 Å². The monoisotopic (exact) mass is 195 g/mol. The summed E-state index contributed by atoms with van der Waals surface area (Å²) in [4.78, 5) is 20.4. The Balaban J connectivity index is -0.000000143. The summed E-state index contributed by atoms with van der Waals surface area (Å²) in [5.41, 5.74) is 0. The summed E-state index contributed by atoms with van der Waals surface area (Å²) < 4.78 is 0. The van der Waals surface area contributed by atoms with E-state index >= 15 is 0 Å². The minimum absolute atomic E-state index is 0. The number of rotatable bonds is 4. The van der Waals surface area contributed by atoms with E-state index in [-0.39, 0.29) is 29.6 Å². The minimum Gasteiger partial charge on any atom is -0.300 e. The topological polar surface area (TPSA) is 34.1 Å². The van der Waals surface area contributed by atoms with Gasteiger partial charge < -0.3 is 0 Å². The molecule has 1 radical (unpaired) electrons. The van der Waals surface area contributed by atoms with Crippen LogP contribution in [-0.4, -0.2) is 41.1 Å². The molecule has 0 aromatic rings. The van der Waals surface area contributed by atoms with Crippen LogP contribution in [0.2, 0.25) is 0 Å². The van der Waals surface area contributed by atoms with Crippen LogP contribution in [0.4, 0.5) is 0 Å². The zero-order valence-corrected chi connectivity index (χ0v) is 11.6. The Kier molecular flexibility index (Phi) is 21.7. The molecule has 0 bridgehead atoms. The fraction of sp³-hybridized carbons (Fsp3) is 0.800. The Bertz CT molecular complexity index is 105. The van der Waals surface area contributed by atoms with Crippen LogP contribution in [0, 0.1) is 0 Å². The first-order valence-corrected chi connectivity index (χ1v) is 4.65. The summed E-state index contributed by atoms with van der Waals surface area (Å²) in [6.45, 7) is 7.52. The van der Waals surface area contributed by atoms with Crippen LogP contribution in [-0.2, 0) is 9.59 Å². The molecule has 0 saturated heterocycles. The molecule has 0 N–H and O–H groups in total. The van der Waals surface area contributed by atoms with Crippen molar-refractivity contribution in [1.82, 2.24) is 0 Å². The van der Waals surface area contributed by atoms with Crippen molar-refractivity contribution in [1.29, 1.82) is 0 Å². The Morgan fingerprint density at radius 2 is 0.846 bits per heavy atom. The average molecular weight is 195 g/mol. The third kappa shape index (κ3) is 19.0. The molecule has 2 nitrogen and oxygen atoms in total. The molecule has 73 valence electrons. The summed E-state index contributed by atoms with van der Waals surface area (Å²) in [6, 6.07) is 0. The molecule has 13 heavy (non-hydrogen) atoms. The Morgan fingerprint density at radius 1 is 0.692 bits per heavy atom. The molecule has 0 aromatic carbocycles. The second-order valence-corrected chi connectivity index (χ2v) is 2.49. The van der Waals surface area contributed by atoms with Crippen molar-refractivity contribution in [2.24, 2.45) is 0 Å². The largest absolute Gasteiger partial charge is 0.300 e. The van der Waals surface area contributed by atoms with Crippen molar-refractivity contribution in [3.05, 3.63) is 0 Å². The number of hydrogen-bond donors (Lipinski definition) is 0. The Labute approximate surface area is 104 Å². The maximum Gasteiger partial charge on any atom is 0.132 e. The summed E-state index contributed by atoms with van der Waals surface area (Å²) in [5.74, 6) is 0.685. The van der Waals surface area contributed by atoms with Gasteiger partial charge in [0, 0.05) is 55.2 Å². The molecule has 0 aliphatic rings. The van der Waals surface area contributed by atoms with E-state index in [1.54, 1.807) is 0 Å². The van der Waals surface area contributed by atoms with Crippen LogP contribution >= 0.6 is 0 Å². The van der Waals surface area contributed by atoms with Gasteiger partial charge in [-0.25, -0.2) is 0 Å². The van der Waals surface area contributed by atoms with Crippen molar-refractivity contribution >= 4 is 41.1 Å². The SMILES string of the molecule is CCC(=O)CC.CCC(=O)CC.[Na]. The van der Waals surface area contributed by atoms with Crippen molar-refractivity contribution < 1.29 is 9.59 Å². The Morgan fingerprint density at radius 3 is 0.846 bits per heavy atom. The molecule has 0 heterocycles. The van der Waals surface area contributed by atoms with Crippen LogP contribution in [0.5, 0.6) is 0 Å². The van der Waals surface area contributed by atoms with Crippen molar-refractivity contribution in [3.63, 3.8) is 0 Å². The van der Waals surface area contributed by atoms with Crippen molar-refractivity contribution in [3.8, 4) is 0 Å². The number of Topliss-reactive ketones (excluding diaryl/α,β-unsaturated/α-hetero) is 2. The van der Waals surface area contributed by atoms with Gasteiger partial charge in [-0.1, -0.05) is 27.7 Å². The summed E-state index contributed by atoms with van der Waals surface area (Å²) in [6.07, 6.45) is 2.76. The molecule has 0 aromatic heterocycles. The van der Waals surface area contributed by atoms with E-state index in [0.29, 0.717) is 37.2 Å². The maximum absolute atomic E-state index is 10.2. The zero-order chi connectivity index (χ0) is 9.98. The fourth-order valence-electron chi connectivity index (χ4n) is 0.500. The third-order valence-electron chi connectivity index (χ3n) is 1.58. The van der Waals surface area contributed by atoms with E-state index in [1.807, 2.05) is 27.7 Å². The molecule has 0 saturated carbocycles. The molecule has 0 unspecified atom stereocenters.